The van der Waals surface area contributed by atoms with Crippen molar-refractivity contribution in [1.29, 1.82) is 0 Å². The molecule has 6 heavy (non-hydrogen) atoms. The summed E-state index contributed by atoms with van der Waals surface area (Å²) in [6.07, 6.45) is 0.962. The maximum atomic E-state index is 8.47. The fourth-order valence-electron chi connectivity index (χ4n) is 0.118. The Hall–Kier alpha value is -0.123. The third kappa shape index (κ3) is 2.13. The molecule has 0 aromatic heterocycles. The minimum atomic E-state index is -0.489. The minimum Gasteiger partial charge on any atom is -0.376 e. The van der Waals surface area contributed by atoms with Crippen LogP contribution in [0.15, 0.2) is 12.7 Å². The fraction of sp³-hybridized carbons (Fsp3) is 0.333. The molecule has 0 spiro atoms. The lowest BCUT2D eigenvalue weighted by Crippen LogP contribution is -2.22. The van der Waals surface area contributed by atoms with Gasteiger partial charge in [-0.25, -0.2) is 0 Å². The van der Waals surface area contributed by atoms with E-state index in [-0.39, 0.29) is 0 Å². The van der Waals surface area contributed by atoms with E-state index in [9.17, 15) is 0 Å². The molecule has 0 aromatic carbocycles. The van der Waals surface area contributed by atoms with Crippen molar-refractivity contribution in [2.45, 2.75) is 6.23 Å². The third-order valence-corrected chi connectivity index (χ3v) is 1.11. The molecule has 1 unspecified atom stereocenters. The van der Waals surface area contributed by atoms with Gasteiger partial charge in [0.15, 0.2) is 0 Å². The van der Waals surface area contributed by atoms with E-state index in [0.717, 1.165) is 10.4 Å². The highest BCUT2D eigenvalue weighted by Gasteiger charge is 1.83. The van der Waals surface area contributed by atoms with Gasteiger partial charge in [-0.15, -0.1) is 0 Å². The summed E-state index contributed by atoms with van der Waals surface area (Å²) in [5.74, 6) is 0. The smallest absolute Gasteiger partial charge is 0.117 e. The van der Waals surface area contributed by atoms with Gasteiger partial charge in [-0.2, -0.15) is 0 Å². The lowest BCUT2D eigenvalue weighted by atomic mass is 10.6. The summed E-state index contributed by atoms with van der Waals surface area (Å²) in [6.45, 7) is 3.34. The predicted octanol–water partition coefficient (Wildman–Crippen LogP) is -1.64. The van der Waals surface area contributed by atoms with Crippen LogP contribution in [0.1, 0.15) is 0 Å². The van der Waals surface area contributed by atoms with Gasteiger partial charge in [0.25, 0.3) is 0 Å². The number of hydrogen-bond donors (Lipinski definition) is 2. The molecular weight excluding hydrogens is 94.1 g/mol. The standard InChI is InChI=1S/C3H9NOSi/c1-2-3(5)4-6/h2-5H,1H2,6H3. The van der Waals surface area contributed by atoms with Crippen LogP contribution in [0.5, 0.6) is 0 Å². The summed E-state index contributed by atoms with van der Waals surface area (Å²) in [4.78, 5) is 2.69. The Morgan fingerprint density at radius 2 is 2.50 bits per heavy atom. The van der Waals surface area contributed by atoms with Gasteiger partial charge in [-0.1, -0.05) is 6.58 Å². The summed E-state index contributed by atoms with van der Waals surface area (Å²) in [7, 11) is 0.811. The molecule has 2 nitrogen and oxygen atoms in total. The van der Waals surface area contributed by atoms with E-state index in [1.54, 1.807) is 0 Å². The van der Waals surface area contributed by atoms with Crippen molar-refractivity contribution in [2.24, 2.45) is 0 Å². The number of aliphatic hydroxyl groups is 1. The normalized spacial score (nSPS) is 14.2. The van der Waals surface area contributed by atoms with Crippen LogP contribution in [0.3, 0.4) is 0 Å². The van der Waals surface area contributed by atoms with E-state index >= 15 is 0 Å². The SMILES string of the molecule is C=CC(O)N[SiH3]. The van der Waals surface area contributed by atoms with Gasteiger partial charge in [-0.3, -0.25) is 0 Å². The molecule has 0 aromatic rings. The number of rotatable bonds is 2. The Bertz CT molecular complexity index is 48.1. The highest BCUT2D eigenvalue weighted by Crippen LogP contribution is 1.68. The van der Waals surface area contributed by atoms with E-state index in [4.69, 9.17) is 5.11 Å². The van der Waals surface area contributed by atoms with Gasteiger partial charge >= 0.3 is 0 Å². The van der Waals surface area contributed by atoms with Gasteiger partial charge < -0.3 is 10.1 Å². The van der Waals surface area contributed by atoms with E-state index in [1.807, 2.05) is 0 Å². The van der Waals surface area contributed by atoms with E-state index in [1.165, 1.54) is 6.08 Å². The highest BCUT2D eigenvalue weighted by atomic mass is 28.2. The molecule has 0 aliphatic rings. The zero-order valence-corrected chi connectivity index (χ0v) is 5.81. The molecule has 0 rings (SSSR count). The Kier molecular flexibility index (Phi) is 3.02. The van der Waals surface area contributed by atoms with Gasteiger partial charge in [0.1, 0.15) is 6.23 Å². The average molecular weight is 103 g/mol. The summed E-state index contributed by atoms with van der Waals surface area (Å²) < 4.78 is 0. The molecule has 0 heterocycles. The minimum absolute atomic E-state index is 0.489. The molecule has 3 heteroatoms. The molecule has 1 atom stereocenters. The van der Waals surface area contributed by atoms with Crippen LogP contribution >= 0.6 is 0 Å². The number of nitrogens with one attached hydrogen (secondary N) is 1. The Labute approximate surface area is 40.4 Å². The second-order valence-electron chi connectivity index (χ2n) is 0.969. The first kappa shape index (κ1) is 5.88. The van der Waals surface area contributed by atoms with E-state index < -0.39 is 6.23 Å². The fourth-order valence-corrected chi connectivity index (χ4v) is 0.354. The van der Waals surface area contributed by atoms with Gasteiger partial charge in [0.05, 0.1) is 10.4 Å². The monoisotopic (exact) mass is 103 g/mol. The molecular formula is C3H9NOSi. The van der Waals surface area contributed by atoms with Crippen molar-refractivity contribution in [3.8, 4) is 0 Å². The number of hydrogen-bond acceptors (Lipinski definition) is 2. The van der Waals surface area contributed by atoms with Gasteiger partial charge in [0.2, 0.25) is 0 Å². The summed E-state index contributed by atoms with van der Waals surface area (Å²) in [5, 5.41) is 8.47. The first-order valence-corrected chi connectivity index (χ1v) is 2.79. The maximum Gasteiger partial charge on any atom is 0.117 e. The number of aliphatic hydroxyl groups excluding tert-OH is 1. The Morgan fingerprint density at radius 1 is 2.00 bits per heavy atom. The molecule has 0 amide bonds. The topological polar surface area (TPSA) is 32.3 Å². The average Bonchev–Trinajstić information content (AvgIpc) is 1.65. The Morgan fingerprint density at radius 3 is 2.50 bits per heavy atom. The lowest BCUT2D eigenvalue weighted by Gasteiger charge is -1.97. The quantitative estimate of drug-likeness (QED) is 0.250. The molecule has 0 radical (unpaired) electrons. The largest absolute Gasteiger partial charge is 0.376 e. The Balaban J connectivity index is 2.96. The summed E-state index contributed by atoms with van der Waals surface area (Å²) >= 11 is 0. The van der Waals surface area contributed by atoms with E-state index in [0.29, 0.717) is 0 Å². The molecule has 0 aliphatic heterocycles. The molecule has 0 saturated carbocycles. The molecule has 0 aliphatic carbocycles. The molecule has 2 N–H and O–H groups in total. The van der Waals surface area contributed by atoms with Crippen LogP contribution in [0, 0.1) is 0 Å². The molecule has 0 bridgehead atoms. The zero-order valence-electron chi connectivity index (χ0n) is 3.81. The van der Waals surface area contributed by atoms with Crippen molar-refractivity contribution in [2.75, 3.05) is 0 Å². The van der Waals surface area contributed by atoms with Crippen LogP contribution in [-0.4, -0.2) is 21.7 Å². The first-order valence-electron chi connectivity index (χ1n) is 1.79. The highest BCUT2D eigenvalue weighted by molar-refractivity contribution is 6.04. The first-order chi connectivity index (χ1) is 2.81. The molecule has 0 fully saturated rings. The predicted molar refractivity (Wildman–Crippen MR) is 29.3 cm³/mol. The van der Waals surface area contributed by atoms with Gasteiger partial charge in [-0.05, 0) is 6.08 Å². The van der Waals surface area contributed by atoms with Crippen LogP contribution in [0.2, 0.25) is 0 Å². The van der Waals surface area contributed by atoms with Crippen molar-refractivity contribution < 1.29 is 5.11 Å². The zero-order chi connectivity index (χ0) is 4.99. The van der Waals surface area contributed by atoms with Crippen LogP contribution in [0.25, 0.3) is 0 Å². The van der Waals surface area contributed by atoms with Crippen molar-refractivity contribution in [1.82, 2.24) is 4.98 Å². The lowest BCUT2D eigenvalue weighted by molar-refractivity contribution is 0.214. The van der Waals surface area contributed by atoms with Crippen molar-refractivity contribution in [3.63, 3.8) is 0 Å². The van der Waals surface area contributed by atoms with E-state index in [2.05, 4.69) is 11.6 Å². The van der Waals surface area contributed by atoms with Crippen LogP contribution in [0.4, 0.5) is 0 Å². The van der Waals surface area contributed by atoms with Crippen LogP contribution in [-0.2, 0) is 0 Å². The summed E-state index contributed by atoms with van der Waals surface area (Å²) in [5.41, 5.74) is 0. The second-order valence-corrected chi connectivity index (χ2v) is 1.55. The van der Waals surface area contributed by atoms with Crippen LogP contribution < -0.4 is 4.98 Å². The second kappa shape index (κ2) is 3.08. The molecule has 0 saturated heterocycles. The third-order valence-electron chi connectivity index (χ3n) is 0.519. The van der Waals surface area contributed by atoms with Crippen molar-refractivity contribution in [3.05, 3.63) is 12.7 Å². The maximum absolute atomic E-state index is 8.47. The summed E-state index contributed by atoms with van der Waals surface area (Å²) in [6, 6.07) is 0. The van der Waals surface area contributed by atoms with Crippen molar-refractivity contribution >= 4 is 10.4 Å². The van der Waals surface area contributed by atoms with Gasteiger partial charge in [0, 0.05) is 0 Å². The molecule has 36 valence electrons.